The number of carbonyl (C=O) groups excluding carboxylic acids is 3. The lowest BCUT2D eigenvalue weighted by Gasteiger charge is -2.17. The zero-order valence-corrected chi connectivity index (χ0v) is 16.3. The summed E-state index contributed by atoms with van der Waals surface area (Å²) in [6, 6.07) is 4.97. The topological polar surface area (TPSA) is 72.9 Å². The second-order valence-electron chi connectivity index (χ2n) is 5.17. The summed E-state index contributed by atoms with van der Waals surface area (Å²) in [5, 5.41) is 1.26. The second kappa shape index (κ2) is 9.85. The van der Waals surface area contributed by atoms with Crippen LogP contribution < -0.4 is 0 Å². The maximum absolute atomic E-state index is 12.0. The van der Waals surface area contributed by atoms with E-state index in [1.54, 1.807) is 25.1 Å². The number of nitrogens with zero attached hydrogens (tertiary/aromatic N) is 1. The molecule has 6 nitrogen and oxygen atoms in total. The first-order valence-electron chi connectivity index (χ1n) is 7.82. The van der Waals surface area contributed by atoms with Gasteiger partial charge in [-0.3, -0.25) is 9.59 Å². The Morgan fingerprint density at radius 2 is 1.96 bits per heavy atom. The molecule has 1 amide bonds. The highest BCUT2D eigenvalue weighted by molar-refractivity contribution is 8.04. The van der Waals surface area contributed by atoms with Crippen LogP contribution in [0.1, 0.15) is 12.5 Å². The van der Waals surface area contributed by atoms with E-state index in [0.717, 1.165) is 0 Å². The molecule has 0 unspecified atom stereocenters. The Morgan fingerprint density at radius 1 is 1.27 bits per heavy atom. The number of hydrogen-bond acceptors (Lipinski definition) is 6. The largest absolute Gasteiger partial charge is 0.464 e. The van der Waals surface area contributed by atoms with Gasteiger partial charge in [0.2, 0.25) is 5.91 Å². The summed E-state index contributed by atoms with van der Waals surface area (Å²) in [4.78, 5) is 36.8. The molecule has 1 aromatic carbocycles. The Morgan fingerprint density at radius 3 is 2.62 bits per heavy atom. The van der Waals surface area contributed by atoms with E-state index in [9.17, 15) is 14.4 Å². The van der Waals surface area contributed by atoms with Crippen LogP contribution in [0.25, 0.3) is 0 Å². The predicted octanol–water partition coefficient (Wildman–Crippen LogP) is 3.06. The Labute approximate surface area is 165 Å². The zero-order chi connectivity index (χ0) is 19.1. The van der Waals surface area contributed by atoms with Gasteiger partial charge in [0, 0.05) is 15.6 Å². The molecule has 26 heavy (non-hydrogen) atoms. The fourth-order valence-electron chi connectivity index (χ4n) is 2.20. The molecule has 0 aromatic heterocycles. The van der Waals surface area contributed by atoms with Crippen LogP contribution in [0.5, 0.6) is 0 Å². The van der Waals surface area contributed by atoms with E-state index in [1.807, 2.05) is 0 Å². The van der Waals surface area contributed by atoms with Gasteiger partial charge in [-0.2, -0.15) is 0 Å². The first-order valence-corrected chi connectivity index (χ1v) is 9.56. The third-order valence-corrected chi connectivity index (χ3v) is 5.13. The summed E-state index contributed by atoms with van der Waals surface area (Å²) in [5.74, 6) is -0.944. The van der Waals surface area contributed by atoms with E-state index in [-0.39, 0.29) is 37.8 Å². The number of carbonyl (C=O) groups is 3. The molecule has 2 rings (SSSR count). The summed E-state index contributed by atoms with van der Waals surface area (Å²) >= 11 is 13.3. The van der Waals surface area contributed by atoms with Gasteiger partial charge in [-0.1, -0.05) is 41.0 Å². The average molecular weight is 418 g/mol. The number of hydrogen-bond donors (Lipinski definition) is 0. The van der Waals surface area contributed by atoms with Crippen LogP contribution in [-0.4, -0.2) is 48.3 Å². The van der Waals surface area contributed by atoms with Gasteiger partial charge in [-0.15, -0.1) is 0 Å². The van der Waals surface area contributed by atoms with Crippen LogP contribution >= 0.6 is 35.0 Å². The van der Waals surface area contributed by atoms with Crippen LogP contribution in [-0.2, 0) is 30.3 Å². The lowest BCUT2D eigenvalue weighted by atomic mass is 10.1. The third kappa shape index (κ3) is 5.65. The molecule has 0 saturated carbocycles. The molecule has 1 saturated heterocycles. The second-order valence-corrected chi connectivity index (χ2v) is 6.98. The Bertz CT molecular complexity index is 718. The molecular formula is C17H17Cl2NO5S. The third-order valence-electron chi connectivity index (χ3n) is 3.40. The standard InChI is InChI=1S/C17H17Cl2NO5S/c1-2-24-17(23)9-15-20(14(21)10-26-15)6-7-25-16(22)8-11-12(18)4-3-5-13(11)19/h3-5,9H,2,6-8,10H2,1H3. The number of esters is 2. The highest BCUT2D eigenvalue weighted by Crippen LogP contribution is 2.28. The van der Waals surface area contributed by atoms with Crippen molar-refractivity contribution in [1.82, 2.24) is 4.90 Å². The van der Waals surface area contributed by atoms with Crippen LogP contribution in [0.4, 0.5) is 0 Å². The molecule has 0 bridgehead atoms. The Kier molecular flexibility index (Phi) is 7.81. The van der Waals surface area contributed by atoms with Crippen molar-refractivity contribution in [1.29, 1.82) is 0 Å². The molecule has 1 aromatic rings. The predicted molar refractivity (Wildman–Crippen MR) is 100 cm³/mol. The van der Waals surface area contributed by atoms with Crippen molar-refractivity contribution in [2.45, 2.75) is 13.3 Å². The summed E-state index contributed by atoms with van der Waals surface area (Å²) in [6.45, 7) is 2.10. The zero-order valence-electron chi connectivity index (χ0n) is 14.0. The van der Waals surface area contributed by atoms with Crippen molar-refractivity contribution >= 4 is 52.8 Å². The Balaban J connectivity index is 1.88. The van der Waals surface area contributed by atoms with E-state index in [0.29, 0.717) is 20.6 Å². The van der Waals surface area contributed by atoms with Gasteiger partial charge in [-0.05, 0) is 19.1 Å². The SMILES string of the molecule is CCOC(=O)C=C1SCC(=O)N1CCOC(=O)Cc1c(Cl)cccc1Cl. The maximum Gasteiger partial charge on any atom is 0.333 e. The van der Waals surface area contributed by atoms with E-state index >= 15 is 0 Å². The van der Waals surface area contributed by atoms with E-state index < -0.39 is 11.9 Å². The van der Waals surface area contributed by atoms with Crippen molar-refractivity contribution in [2.75, 3.05) is 25.5 Å². The summed E-state index contributed by atoms with van der Waals surface area (Å²) in [5.41, 5.74) is 0.497. The lowest BCUT2D eigenvalue weighted by molar-refractivity contribution is -0.144. The van der Waals surface area contributed by atoms with Crippen molar-refractivity contribution < 1.29 is 23.9 Å². The van der Waals surface area contributed by atoms with Gasteiger partial charge in [0.1, 0.15) is 6.61 Å². The minimum absolute atomic E-state index is 0.00658. The molecule has 1 aliphatic rings. The average Bonchev–Trinajstić information content (AvgIpc) is 2.92. The normalized spacial score (nSPS) is 15.4. The molecule has 1 aliphatic heterocycles. The van der Waals surface area contributed by atoms with Gasteiger partial charge in [0.15, 0.2) is 0 Å². The van der Waals surface area contributed by atoms with E-state index in [1.165, 1.54) is 22.7 Å². The van der Waals surface area contributed by atoms with Gasteiger partial charge >= 0.3 is 11.9 Å². The number of amides is 1. The first kappa shape index (κ1) is 20.6. The minimum Gasteiger partial charge on any atom is -0.464 e. The summed E-state index contributed by atoms with van der Waals surface area (Å²) in [6.07, 6.45) is 1.21. The van der Waals surface area contributed by atoms with Crippen LogP contribution in [0.2, 0.25) is 10.0 Å². The van der Waals surface area contributed by atoms with E-state index in [2.05, 4.69) is 0 Å². The van der Waals surface area contributed by atoms with Gasteiger partial charge in [0.05, 0.1) is 36.4 Å². The Hall–Kier alpha value is -1.70. The molecule has 1 heterocycles. The fraction of sp³-hybridized carbons (Fsp3) is 0.353. The van der Waals surface area contributed by atoms with Crippen LogP contribution in [0, 0.1) is 0 Å². The highest BCUT2D eigenvalue weighted by Gasteiger charge is 2.27. The monoisotopic (exact) mass is 417 g/mol. The number of rotatable bonds is 7. The van der Waals surface area contributed by atoms with Gasteiger partial charge < -0.3 is 14.4 Å². The molecule has 1 fully saturated rings. The van der Waals surface area contributed by atoms with Crippen LogP contribution in [0.15, 0.2) is 29.3 Å². The van der Waals surface area contributed by atoms with Gasteiger partial charge in [-0.25, -0.2) is 4.79 Å². The van der Waals surface area contributed by atoms with E-state index in [4.69, 9.17) is 32.7 Å². The molecule has 0 aliphatic carbocycles. The van der Waals surface area contributed by atoms with Crippen molar-refractivity contribution in [3.8, 4) is 0 Å². The number of benzene rings is 1. The van der Waals surface area contributed by atoms with Crippen molar-refractivity contribution in [2.24, 2.45) is 0 Å². The fourth-order valence-corrected chi connectivity index (χ4v) is 3.69. The molecule has 0 spiro atoms. The van der Waals surface area contributed by atoms with Crippen LogP contribution in [0.3, 0.4) is 0 Å². The van der Waals surface area contributed by atoms with Crippen molar-refractivity contribution in [3.05, 3.63) is 44.9 Å². The minimum atomic E-state index is -0.514. The molecule has 0 radical (unpaired) electrons. The molecule has 0 atom stereocenters. The summed E-state index contributed by atoms with van der Waals surface area (Å²) < 4.78 is 10.0. The number of thioether (sulfide) groups is 1. The lowest BCUT2D eigenvalue weighted by Crippen LogP contribution is -2.29. The molecule has 140 valence electrons. The quantitative estimate of drug-likeness (QED) is 0.501. The van der Waals surface area contributed by atoms with Gasteiger partial charge in [0.25, 0.3) is 0 Å². The number of ether oxygens (including phenoxy) is 2. The first-order chi connectivity index (χ1) is 12.4. The number of halogens is 2. The molecule has 0 N–H and O–H groups in total. The summed E-state index contributed by atoms with van der Waals surface area (Å²) in [7, 11) is 0. The molecular weight excluding hydrogens is 401 g/mol. The smallest absolute Gasteiger partial charge is 0.333 e. The maximum atomic E-state index is 12.0. The highest BCUT2D eigenvalue weighted by atomic mass is 35.5. The molecule has 9 heteroatoms. The van der Waals surface area contributed by atoms with Crippen molar-refractivity contribution in [3.63, 3.8) is 0 Å².